The number of benzene rings is 1. The Morgan fingerprint density at radius 1 is 1.35 bits per heavy atom. The molecular weight excluding hydrogens is 310 g/mol. The van der Waals surface area contributed by atoms with Crippen molar-refractivity contribution in [1.29, 1.82) is 0 Å². The lowest BCUT2D eigenvalue weighted by molar-refractivity contribution is -0.133. The van der Waals surface area contributed by atoms with Gasteiger partial charge in [0.25, 0.3) is 5.91 Å². The van der Waals surface area contributed by atoms with Crippen LogP contribution in [0.2, 0.25) is 0 Å². The van der Waals surface area contributed by atoms with Gasteiger partial charge in [0.1, 0.15) is 6.04 Å². The fraction of sp³-hybridized carbons (Fsp3) is 0.412. The molecular formula is C17H21N3O2S. The molecule has 2 amide bonds. The van der Waals surface area contributed by atoms with E-state index < -0.39 is 0 Å². The lowest BCUT2D eigenvalue weighted by atomic mass is 10.1. The van der Waals surface area contributed by atoms with Crippen LogP contribution in [0.15, 0.2) is 30.5 Å². The number of fused-ring (bicyclic) bond motifs is 1. The van der Waals surface area contributed by atoms with Crippen molar-refractivity contribution in [3.05, 3.63) is 36.0 Å². The minimum Gasteiger partial charge on any atom is -0.351 e. The Labute approximate surface area is 140 Å². The number of likely N-dealkylation sites (N-methyl/N-ethyl adjacent to an activating group) is 1. The van der Waals surface area contributed by atoms with Gasteiger partial charge in [-0.05, 0) is 25.1 Å². The monoisotopic (exact) mass is 331 g/mol. The molecule has 0 saturated carbocycles. The zero-order chi connectivity index (χ0) is 16.6. The highest BCUT2D eigenvalue weighted by Crippen LogP contribution is 2.27. The van der Waals surface area contributed by atoms with Gasteiger partial charge in [0.15, 0.2) is 0 Å². The second-order valence-corrected chi connectivity index (χ2v) is 6.81. The van der Waals surface area contributed by atoms with E-state index in [0.29, 0.717) is 23.7 Å². The standard InChI is InChI=1S/C17H21N3O2S/c1-4-18(2)17(22)15-10-23-11-20(15)16(21)13-6-5-7-14-12(13)8-9-19(14)3/h5-9,15H,4,10-11H2,1-3H3/t15-/m1/s1. The van der Waals surface area contributed by atoms with E-state index in [9.17, 15) is 9.59 Å². The Morgan fingerprint density at radius 2 is 2.13 bits per heavy atom. The summed E-state index contributed by atoms with van der Waals surface area (Å²) >= 11 is 1.63. The van der Waals surface area contributed by atoms with Crippen molar-refractivity contribution in [1.82, 2.24) is 14.4 Å². The Bertz CT molecular complexity index is 755. The largest absolute Gasteiger partial charge is 0.351 e. The van der Waals surface area contributed by atoms with Crippen LogP contribution in [0.25, 0.3) is 10.9 Å². The number of carbonyl (C=O) groups excluding carboxylic acids is 2. The zero-order valence-electron chi connectivity index (χ0n) is 13.7. The highest BCUT2D eigenvalue weighted by atomic mass is 32.2. The summed E-state index contributed by atoms with van der Waals surface area (Å²) in [7, 11) is 3.75. The minimum absolute atomic E-state index is 0.0195. The second kappa shape index (κ2) is 6.28. The molecule has 1 atom stereocenters. The summed E-state index contributed by atoms with van der Waals surface area (Å²) in [6, 6.07) is 7.34. The van der Waals surface area contributed by atoms with Crippen molar-refractivity contribution in [3.63, 3.8) is 0 Å². The second-order valence-electron chi connectivity index (χ2n) is 5.81. The predicted molar refractivity (Wildman–Crippen MR) is 93.5 cm³/mol. The summed E-state index contributed by atoms with van der Waals surface area (Å²) in [5.74, 6) is 1.19. The number of carbonyl (C=O) groups is 2. The van der Waals surface area contributed by atoms with E-state index in [1.54, 1.807) is 28.6 Å². The molecule has 2 heterocycles. The van der Waals surface area contributed by atoms with Crippen LogP contribution in [-0.2, 0) is 11.8 Å². The van der Waals surface area contributed by atoms with Gasteiger partial charge in [-0.15, -0.1) is 11.8 Å². The Morgan fingerprint density at radius 3 is 2.87 bits per heavy atom. The molecule has 0 N–H and O–H groups in total. The maximum absolute atomic E-state index is 13.0. The van der Waals surface area contributed by atoms with E-state index in [4.69, 9.17) is 0 Å². The SMILES string of the molecule is CCN(C)C(=O)[C@H]1CSCN1C(=O)c1cccc2c1ccn2C. The first-order valence-corrected chi connectivity index (χ1v) is 8.87. The van der Waals surface area contributed by atoms with Crippen LogP contribution in [0.5, 0.6) is 0 Å². The van der Waals surface area contributed by atoms with Crippen molar-refractivity contribution >= 4 is 34.5 Å². The maximum Gasteiger partial charge on any atom is 0.255 e. The molecule has 1 aromatic carbocycles. The van der Waals surface area contributed by atoms with Gasteiger partial charge in [0.05, 0.1) is 5.88 Å². The third-order valence-corrected chi connectivity index (χ3v) is 5.45. The van der Waals surface area contributed by atoms with Gasteiger partial charge in [-0.1, -0.05) is 6.07 Å². The van der Waals surface area contributed by atoms with Crippen LogP contribution >= 0.6 is 11.8 Å². The fourth-order valence-corrected chi connectivity index (χ4v) is 4.05. The number of hydrogen-bond acceptors (Lipinski definition) is 3. The van der Waals surface area contributed by atoms with Gasteiger partial charge < -0.3 is 14.4 Å². The van der Waals surface area contributed by atoms with E-state index in [2.05, 4.69) is 0 Å². The highest BCUT2D eigenvalue weighted by molar-refractivity contribution is 7.99. The number of nitrogens with zero attached hydrogens (tertiary/aromatic N) is 3. The normalized spacial score (nSPS) is 17.7. The zero-order valence-corrected chi connectivity index (χ0v) is 14.5. The number of aromatic nitrogens is 1. The number of amides is 2. The first-order chi connectivity index (χ1) is 11.0. The summed E-state index contributed by atoms with van der Waals surface area (Å²) in [5, 5.41) is 0.937. The molecule has 23 heavy (non-hydrogen) atoms. The van der Waals surface area contributed by atoms with Crippen LogP contribution in [0, 0.1) is 0 Å². The Balaban J connectivity index is 1.93. The molecule has 0 bridgehead atoms. The van der Waals surface area contributed by atoms with Crippen LogP contribution in [0.1, 0.15) is 17.3 Å². The van der Waals surface area contributed by atoms with Gasteiger partial charge >= 0.3 is 0 Å². The summed E-state index contributed by atoms with van der Waals surface area (Å²) in [6.07, 6.45) is 1.95. The Hall–Kier alpha value is -1.95. The first kappa shape index (κ1) is 15.9. The number of hydrogen-bond donors (Lipinski definition) is 0. The first-order valence-electron chi connectivity index (χ1n) is 7.72. The molecule has 1 aliphatic rings. The molecule has 0 radical (unpaired) electrons. The number of thioether (sulfide) groups is 1. The molecule has 2 aromatic rings. The number of rotatable bonds is 3. The van der Waals surface area contributed by atoms with Crippen LogP contribution in [0.4, 0.5) is 0 Å². The van der Waals surface area contributed by atoms with E-state index >= 15 is 0 Å². The van der Waals surface area contributed by atoms with Crippen molar-refractivity contribution < 1.29 is 9.59 Å². The maximum atomic E-state index is 13.0. The molecule has 6 heteroatoms. The number of aryl methyl sites for hydroxylation is 1. The summed E-state index contributed by atoms with van der Waals surface area (Å²) < 4.78 is 2.00. The van der Waals surface area contributed by atoms with Gasteiger partial charge in [-0.2, -0.15) is 0 Å². The predicted octanol–water partition coefficient (Wildman–Crippen LogP) is 2.17. The van der Waals surface area contributed by atoms with E-state index in [-0.39, 0.29) is 17.9 Å². The molecule has 5 nitrogen and oxygen atoms in total. The molecule has 0 aliphatic carbocycles. The third kappa shape index (κ3) is 2.72. The summed E-state index contributed by atoms with van der Waals surface area (Å²) in [4.78, 5) is 28.9. The van der Waals surface area contributed by atoms with E-state index in [0.717, 1.165) is 10.9 Å². The van der Waals surface area contributed by atoms with Crippen molar-refractivity contribution in [2.24, 2.45) is 7.05 Å². The fourth-order valence-electron chi connectivity index (χ4n) is 2.90. The molecule has 1 saturated heterocycles. The molecule has 0 unspecified atom stereocenters. The van der Waals surface area contributed by atoms with Gasteiger partial charge in [-0.25, -0.2) is 0 Å². The van der Waals surface area contributed by atoms with Gasteiger partial charge in [0.2, 0.25) is 5.91 Å². The van der Waals surface area contributed by atoms with Crippen molar-refractivity contribution in [3.8, 4) is 0 Å². The average molecular weight is 331 g/mol. The summed E-state index contributed by atoms with van der Waals surface area (Å²) in [5.41, 5.74) is 1.69. The quantitative estimate of drug-likeness (QED) is 0.866. The van der Waals surface area contributed by atoms with Gasteiger partial charge in [0, 0.05) is 49.1 Å². The molecule has 0 spiro atoms. The lowest BCUT2D eigenvalue weighted by Gasteiger charge is -2.27. The Kier molecular flexibility index (Phi) is 4.35. The highest BCUT2D eigenvalue weighted by Gasteiger charge is 2.36. The lowest BCUT2D eigenvalue weighted by Crippen LogP contribution is -2.47. The molecule has 1 aromatic heterocycles. The van der Waals surface area contributed by atoms with Crippen LogP contribution in [0.3, 0.4) is 0 Å². The summed E-state index contributed by atoms with van der Waals surface area (Å²) in [6.45, 7) is 2.59. The van der Waals surface area contributed by atoms with E-state index in [1.807, 2.05) is 49.0 Å². The third-order valence-electron chi connectivity index (χ3n) is 4.44. The average Bonchev–Trinajstić information content (AvgIpc) is 3.20. The van der Waals surface area contributed by atoms with Crippen LogP contribution in [-0.4, -0.2) is 57.4 Å². The molecule has 1 fully saturated rings. The van der Waals surface area contributed by atoms with E-state index in [1.165, 1.54) is 0 Å². The molecule has 122 valence electrons. The van der Waals surface area contributed by atoms with Crippen molar-refractivity contribution in [2.75, 3.05) is 25.2 Å². The smallest absolute Gasteiger partial charge is 0.255 e. The van der Waals surface area contributed by atoms with Crippen molar-refractivity contribution in [2.45, 2.75) is 13.0 Å². The molecule has 3 rings (SSSR count). The van der Waals surface area contributed by atoms with Crippen LogP contribution < -0.4 is 0 Å². The van der Waals surface area contributed by atoms with Gasteiger partial charge in [-0.3, -0.25) is 9.59 Å². The molecule has 1 aliphatic heterocycles. The topological polar surface area (TPSA) is 45.6 Å². The minimum atomic E-state index is -0.364.